The molecule has 1 rings (SSSR count). The highest BCUT2D eigenvalue weighted by Gasteiger charge is 2.13. The number of ether oxygens (including phenoxy) is 1. The van der Waals surface area contributed by atoms with E-state index in [1.165, 1.54) is 75.5 Å². The molecule has 0 aromatic heterocycles. The molecule has 0 bridgehead atoms. The molecule has 0 aromatic rings. The van der Waals surface area contributed by atoms with E-state index in [4.69, 9.17) is 10.1 Å². The smallest absolute Gasteiger partial charge is 0.325 e. The van der Waals surface area contributed by atoms with Crippen LogP contribution in [0.1, 0.15) is 103 Å². The molecule has 0 aliphatic carbocycles. The third-order valence-electron chi connectivity index (χ3n) is 5.32. The molecule has 1 heterocycles. The fourth-order valence-corrected chi connectivity index (χ4v) is 3.48. The van der Waals surface area contributed by atoms with Gasteiger partial charge in [-0.3, -0.25) is 20.3 Å². The molecule has 0 radical (unpaired) electrons. The molecule has 1 aliphatic rings. The minimum absolute atomic E-state index is 0.0148. The van der Waals surface area contributed by atoms with Crippen LogP contribution in [0, 0.1) is 5.41 Å². The van der Waals surface area contributed by atoms with Crippen LogP contribution in [-0.4, -0.2) is 42.9 Å². The van der Waals surface area contributed by atoms with E-state index < -0.39 is 0 Å². The molecule has 0 unspecified atom stereocenters. The Hall–Kier alpha value is -1.59. The van der Waals surface area contributed by atoms with Gasteiger partial charge < -0.3 is 9.64 Å². The topological polar surface area (TPSA) is 82.5 Å². The van der Waals surface area contributed by atoms with Crippen LogP contribution in [0.15, 0.2) is 0 Å². The molecule has 0 aromatic carbocycles. The zero-order chi connectivity index (χ0) is 20.5. The maximum atomic E-state index is 11.9. The monoisotopic (exact) mass is 395 g/mol. The zero-order valence-electron chi connectivity index (χ0n) is 17.9. The van der Waals surface area contributed by atoms with Crippen molar-refractivity contribution in [2.45, 2.75) is 103 Å². The third kappa shape index (κ3) is 13.6. The maximum Gasteiger partial charge on any atom is 0.325 e. The van der Waals surface area contributed by atoms with Gasteiger partial charge in [-0.2, -0.15) is 0 Å². The van der Waals surface area contributed by atoms with E-state index in [9.17, 15) is 9.59 Å². The molecule has 6 nitrogen and oxygen atoms in total. The van der Waals surface area contributed by atoms with Crippen molar-refractivity contribution in [3.05, 3.63) is 0 Å². The summed E-state index contributed by atoms with van der Waals surface area (Å²) in [6.45, 7) is 0.422. The lowest BCUT2D eigenvalue weighted by atomic mass is 10.0. The van der Waals surface area contributed by atoms with Gasteiger partial charge in [0.1, 0.15) is 6.54 Å². The lowest BCUT2D eigenvalue weighted by Gasteiger charge is -2.19. The van der Waals surface area contributed by atoms with E-state index in [-0.39, 0.29) is 24.4 Å². The third-order valence-corrected chi connectivity index (χ3v) is 5.32. The summed E-state index contributed by atoms with van der Waals surface area (Å²) in [5.41, 5.74) is 0. The van der Waals surface area contributed by atoms with Crippen molar-refractivity contribution >= 4 is 17.8 Å². The predicted molar refractivity (Wildman–Crippen MR) is 113 cm³/mol. The Labute approximate surface area is 171 Å². The van der Waals surface area contributed by atoms with Crippen molar-refractivity contribution in [3.8, 4) is 0 Å². The number of likely N-dealkylation sites (N-methyl/N-ethyl adjacent to an activating group) is 1. The van der Waals surface area contributed by atoms with Gasteiger partial charge in [-0.25, -0.2) is 0 Å². The first-order valence-electron chi connectivity index (χ1n) is 11.3. The Balaban J connectivity index is 2.33. The van der Waals surface area contributed by atoms with Gasteiger partial charge in [0.15, 0.2) is 5.96 Å². The maximum absolute atomic E-state index is 11.9. The number of rotatable bonds is 0. The van der Waals surface area contributed by atoms with E-state index in [1.807, 2.05) is 0 Å². The zero-order valence-corrected chi connectivity index (χ0v) is 17.9. The Morgan fingerprint density at radius 2 is 1.18 bits per heavy atom. The van der Waals surface area contributed by atoms with Crippen molar-refractivity contribution in [3.63, 3.8) is 0 Å². The normalized spacial score (nSPS) is 22.0. The van der Waals surface area contributed by atoms with Crippen LogP contribution in [0.25, 0.3) is 0 Å². The average molecular weight is 396 g/mol. The second-order valence-corrected chi connectivity index (χ2v) is 8.03. The van der Waals surface area contributed by atoms with Crippen molar-refractivity contribution < 1.29 is 14.3 Å². The van der Waals surface area contributed by atoms with Crippen LogP contribution in [0.3, 0.4) is 0 Å². The molecule has 1 fully saturated rings. The molecule has 0 saturated carbocycles. The lowest BCUT2D eigenvalue weighted by Crippen LogP contribution is -2.43. The predicted octanol–water partition coefficient (Wildman–Crippen LogP) is 4.77. The number of esters is 1. The molecule has 1 aliphatic heterocycles. The van der Waals surface area contributed by atoms with Gasteiger partial charge in [0.25, 0.3) is 0 Å². The van der Waals surface area contributed by atoms with E-state index in [0.717, 1.165) is 25.7 Å². The highest BCUT2D eigenvalue weighted by atomic mass is 16.5. The number of amides is 1. The number of guanidine groups is 1. The molecule has 28 heavy (non-hydrogen) atoms. The Kier molecular flexibility index (Phi) is 14.3. The number of carbonyl (C=O) groups is 2. The summed E-state index contributed by atoms with van der Waals surface area (Å²) in [5, 5.41) is 10.5. The number of cyclic esters (lactones) is 1. The standard InChI is InChI=1S/C22H41N3O3/c1-25-19-21(27)28-18-16-14-12-10-8-6-4-2-3-5-7-9-11-13-15-17-20(26)24-22(25)23/h2-19H2,1H3,(H2,23,24,26). The molecule has 2 N–H and O–H groups in total. The molecule has 1 saturated heterocycles. The molecule has 6 heteroatoms. The minimum Gasteiger partial charge on any atom is -0.464 e. The van der Waals surface area contributed by atoms with Crippen LogP contribution in [-0.2, 0) is 14.3 Å². The van der Waals surface area contributed by atoms with E-state index in [2.05, 4.69) is 5.32 Å². The Morgan fingerprint density at radius 3 is 1.68 bits per heavy atom. The highest BCUT2D eigenvalue weighted by molar-refractivity contribution is 5.96. The second kappa shape index (κ2) is 16.4. The number of carbonyl (C=O) groups excluding carboxylic acids is 2. The molecule has 0 spiro atoms. The van der Waals surface area contributed by atoms with Crippen LogP contribution < -0.4 is 5.32 Å². The van der Waals surface area contributed by atoms with Crippen molar-refractivity contribution in [1.29, 1.82) is 5.41 Å². The molecular weight excluding hydrogens is 354 g/mol. The fourth-order valence-electron chi connectivity index (χ4n) is 3.48. The van der Waals surface area contributed by atoms with Gasteiger partial charge in [-0.05, 0) is 12.8 Å². The molecular formula is C22H41N3O3. The SMILES string of the molecule is CN1CC(=O)OCCCCCCCCCCCCCCCCCC(=O)NC1=N. The summed E-state index contributed by atoms with van der Waals surface area (Å²) in [6.07, 6.45) is 18.6. The summed E-state index contributed by atoms with van der Waals surface area (Å²) in [6, 6.07) is 0. The van der Waals surface area contributed by atoms with Crippen molar-refractivity contribution in [2.75, 3.05) is 20.2 Å². The highest BCUT2D eigenvalue weighted by Crippen LogP contribution is 2.13. The summed E-state index contributed by atoms with van der Waals surface area (Å²) >= 11 is 0. The molecule has 1 amide bonds. The lowest BCUT2D eigenvalue weighted by molar-refractivity contribution is -0.144. The fraction of sp³-hybridized carbons (Fsp3) is 0.864. The Morgan fingerprint density at radius 1 is 0.750 bits per heavy atom. The second-order valence-electron chi connectivity index (χ2n) is 8.03. The van der Waals surface area contributed by atoms with E-state index in [1.54, 1.807) is 7.05 Å². The summed E-state index contributed by atoms with van der Waals surface area (Å²) in [5.74, 6) is -0.549. The van der Waals surface area contributed by atoms with Crippen LogP contribution >= 0.6 is 0 Å². The van der Waals surface area contributed by atoms with Gasteiger partial charge in [-0.15, -0.1) is 0 Å². The van der Waals surface area contributed by atoms with Gasteiger partial charge in [-0.1, -0.05) is 83.5 Å². The van der Waals surface area contributed by atoms with Crippen molar-refractivity contribution in [2.24, 2.45) is 0 Å². The molecule has 0 atom stereocenters. The quantitative estimate of drug-likeness (QED) is 0.579. The van der Waals surface area contributed by atoms with Crippen LogP contribution in [0.2, 0.25) is 0 Å². The summed E-state index contributed by atoms with van der Waals surface area (Å²) in [7, 11) is 1.62. The van der Waals surface area contributed by atoms with Crippen LogP contribution in [0.5, 0.6) is 0 Å². The number of nitrogens with zero attached hydrogens (tertiary/aromatic N) is 1. The van der Waals surface area contributed by atoms with Crippen LogP contribution in [0.4, 0.5) is 0 Å². The van der Waals surface area contributed by atoms with E-state index in [0.29, 0.717) is 13.0 Å². The van der Waals surface area contributed by atoms with Gasteiger partial charge >= 0.3 is 5.97 Å². The first-order valence-corrected chi connectivity index (χ1v) is 11.3. The first kappa shape index (κ1) is 24.4. The molecule has 162 valence electrons. The summed E-state index contributed by atoms with van der Waals surface area (Å²) < 4.78 is 5.24. The van der Waals surface area contributed by atoms with Gasteiger partial charge in [0.2, 0.25) is 5.91 Å². The first-order chi connectivity index (χ1) is 13.6. The minimum atomic E-state index is -0.351. The summed E-state index contributed by atoms with van der Waals surface area (Å²) in [4.78, 5) is 25.2. The van der Waals surface area contributed by atoms with Gasteiger partial charge in [0, 0.05) is 13.5 Å². The number of nitrogens with one attached hydrogen (secondary N) is 2. The average Bonchev–Trinajstić information content (AvgIpc) is 2.66. The Bertz CT molecular complexity index is 454. The van der Waals surface area contributed by atoms with E-state index >= 15 is 0 Å². The van der Waals surface area contributed by atoms with Gasteiger partial charge in [0.05, 0.1) is 6.61 Å². The number of hydrogen-bond acceptors (Lipinski definition) is 4. The largest absolute Gasteiger partial charge is 0.464 e. The number of hydrogen-bond donors (Lipinski definition) is 2. The van der Waals surface area contributed by atoms with Crippen molar-refractivity contribution in [1.82, 2.24) is 10.2 Å².